The quantitative estimate of drug-likeness (QED) is 0.614. The lowest BCUT2D eigenvalue weighted by Gasteiger charge is -2.00. The van der Waals surface area contributed by atoms with Gasteiger partial charge in [-0.2, -0.15) is 0 Å². The van der Waals surface area contributed by atoms with E-state index in [9.17, 15) is 5.11 Å². The van der Waals surface area contributed by atoms with Gasteiger partial charge < -0.3 is 10.8 Å². The van der Waals surface area contributed by atoms with Gasteiger partial charge in [0.25, 0.3) is 0 Å². The van der Waals surface area contributed by atoms with Gasteiger partial charge in [-0.25, -0.2) is 0 Å². The summed E-state index contributed by atoms with van der Waals surface area (Å²) in [6, 6.07) is 5.03. The molecule has 1 aromatic carbocycles. The highest BCUT2D eigenvalue weighted by atomic mass is 16.3. The van der Waals surface area contributed by atoms with Gasteiger partial charge in [-0.3, -0.25) is 4.98 Å². The minimum absolute atomic E-state index is 0.223. The predicted octanol–water partition coefficient (Wildman–Crippen LogP) is 1.52. The fourth-order valence-electron chi connectivity index (χ4n) is 1.17. The number of benzene rings is 1. The molecule has 3 heteroatoms. The standard InChI is InChI=1S/C9H8N2O/c10-9-5-11-4-6-1-2-7(12)3-8(6)9/h1-5,12H,10H2. The van der Waals surface area contributed by atoms with Gasteiger partial charge in [-0.1, -0.05) is 0 Å². The van der Waals surface area contributed by atoms with Crippen molar-refractivity contribution in [3.05, 3.63) is 30.6 Å². The van der Waals surface area contributed by atoms with Gasteiger partial charge in [0.2, 0.25) is 0 Å². The largest absolute Gasteiger partial charge is 0.508 e. The van der Waals surface area contributed by atoms with E-state index in [0.717, 1.165) is 10.8 Å². The van der Waals surface area contributed by atoms with Crippen LogP contribution in [-0.4, -0.2) is 10.1 Å². The Kier molecular flexibility index (Phi) is 1.37. The van der Waals surface area contributed by atoms with Crippen molar-refractivity contribution < 1.29 is 5.11 Å². The zero-order valence-electron chi connectivity index (χ0n) is 6.36. The van der Waals surface area contributed by atoms with Crippen LogP contribution in [0.5, 0.6) is 5.75 Å². The van der Waals surface area contributed by atoms with Crippen molar-refractivity contribution in [2.75, 3.05) is 5.73 Å². The molecule has 0 bridgehead atoms. The van der Waals surface area contributed by atoms with Gasteiger partial charge in [-0.05, 0) is 18.2 Å². The highest BCUT2D eigenvalue weighted by Crippen LogP contribution is 2.23. The zero-order valence-corrected chi connectivity index (χ0v) is 6.36. The van der Waals surface area contributed by atoms with Gasteiger partial charge in [0, 0.05) is 17.0 Å². The molecular formula is C9H8N2O. The average Bonchev–Trinajstić information content (AvgIpc) is 2.07. The summed E-state index contributed by atoms with van der Waals surface area (Å²) in [5.74, 6) is 0.223. The van der Waals surface area contributed by atoms with Gasteiger partial charge in [-0.15, -0.1) is 0 Å². The van der Waals surface area contributed by atoms with Gasteiger partial charge in [0.05, 0.1) is 11.9 Å². The number of phenolic OH excluding ortho intramolecular Hbond substituents is 1. The molecule has 0 atom stereocenters. The van der Waals surface area contributed by atoms with Crippen molar-refractivity contribution in [1.82, 2.24) is 4.98 Å². The number of anilines is 1. The third-order valence-electron chi connectivity index (χ3n) is 1.78. The number of nitrogens with two attached hydrogens (primary N) is 1. The number of hydrogen-bond donors (Lipinski definition) is 2. The molecule has 0 radical (unpaired) electrons. The average molecular weight is 160 g/mol. The molecule has 1 heterocycles. The molecule has 0 amide bonds. The van der Waals surface area contributed by atoms with Crippen molar-refractivity contribution in [3.63, 3.8) is 0 Å². The Morgan fingerprint density at radius 2 is 2.08 bits per heavy atom. The Hall–Kier alpha value is -1.77. The van der Waals surface area contributed by atoms with Crippen LogP contribution >= 0.6 is 0 Å². The number of hydrogen-bond acceptors (Lipinski definition) is 3. The minimum atomic E-state index is 0.223. The SMILES string of the molecule is Nc1cncc2ccc(O)cc12. The summed E-state index contributed by atoms with van der Waals surface area (Å²) in [7, 11) is 0. The summed E-state index contributed by atoms with van der Waals surface area (Å²) in [6.07, 6.45) is 3.28. The van der Waals surface area contributed by atoms with E-state index in [1.165, 1.54) is 0 Å². The number of nitrogens with zero attached hydrogens (tertiary/aromatic N) is 1. The highest BCUT2D eigenvalue weighted by molar-refractivity contribution is 5.92. The molecular weight excluding hydrogens is 152 g/mol. The number of phenols is 1. The van der Waals surface area contributed by atoms with E-state index in [1.54, 1.807) is 30.6 Å². The van der Waals surface area contributed by atoms with Crippen LogP contribution in [0.4, 0.5) is 5.69 Å². The molecule has 1 aromatic heterocycles. The van der Waals surface area contributed by atoms with E-state index in [4.69, 9.17) is 5.73 Å². The third kappa shape index (κ3) is 0.955. The molecule has 0 saturated carbocycles. The fraction of sp³-hybridized carbons (Fsp3) is 0. The highest BCUT2D eigenvalue weighted by Gasteiger charge is 1.97. The lowest BCUT2D eigenvalue weighted by atomic mass is 10.1. The van der Waals surface area contributed by atoms with Crippen LogP contribution in [0.1, 0.15) is 0 Å². The molecule has 0 unspecified atom stereocenters. The van der Waals surface area contributed by atoms with Gasteiger partial charge in [0.1, 0.15) is 5.75 Å². The van der Waals surface area contributed by atoms with E-state index >= 15 is 0 Å². The number of pyridine rings is 1. The normalized spacial score (nSPS) is 10.3. The molecule has 3 N–H and O–H groups in total. The summed E-state index contributed by atoms with van der Waals surface area (Å²) >= 11 is 0. The Balaban J connectivity index is 2.88. The summed E-state index contributed by atoms with van der Waals surface area (Å²) in [5, 5.41) is 11.0. The molecule has 0 aliphatic heterocycles. The van der Waals surface area contributed by atoms with Crippen LogP contribution < -0.4 is 5.73 Å². The van der Waals surface area contributed by atoms with Crippen molar-refractivity contribution in [2.24, 2.45) is 0 Å². The lowest BCUT2D eigenvalue weighted by molar-refractivity contribution is 0.476. The molecule has 3 nitrogen and oxygen atoms in total. The Morgan fingerprint density at radius 3 is 2.92 bits per heavy atom. The molecule has 0 aliphatic carbocycles. The van der Waals surface area contributed by atoms with Crippen LogP contribution in [0.2, 0.25) is 0 Å². The first kappa shape index (κ1) is 6.91. The Labute approximate surface area is 69.5 Å². The predicted molar refractivity (Wildman–Crippen MR) is 47.8 cm³/mol. The summed E-state index contributed by atoms with van der Waals surface area (Å²) in [6.45, 7) is 0. The topological polar surface area (TPSA) is 59.1 Å². The number of aromatic nitrogens is 1. The lowest BCUT2D eigenvalue weighted by Crippen LogP contribution is -1.87. The summed E-state index contributed by atoms with van der Waals surface area (Å²) < 4.78 is 0. The van der Waals surface area contributed by atoms with Gasteiger partial charge in [0.15, 0.2) is 0 Å². The maximum atomic E-state index is 9.18. The smallest absolute Gasteiger partial charge is 0.116 e. The molecule has 0 spiro atoms. The van der Waals surface area contributed by atoms with Crippen LogP contribution in [-0.2, 0) is 0 Å². The first-order chi connectivity index (χ1) is 5.77. The summed E-state index contributed by atoms with van der Waals surface area (Å²) in [4.78, 5) is 3.94. The molecule has 0 fully saturated rings. The number of fused-ring (bicyclic) bond motifs is 1. The first-order valence-corrected chi connectivity index (χ1v) is 3.59. The molecule has 0 aliphatic rings. The molecule has 0 saturated heterocycles. The van der Waals surface area contributed by atoms with E-state index < -0.39 is 0 Å². The van der Waals surface area contributed by atoms with Crippen molar-refractivity contribution in [1.29, 1.82) is 0 Å². The second-order valence-corrected chi connectivity index (χ2v) is 2.63. The Morgan fingerprint density at radius 1 is 1.25 bits per heavy atom. The van der Waals surface area contributed by atoms with Crippen LogP contribution in [0.25, 0.3) is 10.8 Å². The van der Waals surface area contributed by atoms with E-state index in [2.05, 4.69) is 4.98 Å². The molecule has 60 valence electrons. The van der Waals surface area contributed by atoms with Gasteiger partial charge >= 0.3 is 0 Å². The van der Waals surface area contributed by atoms with E-state index in [1.807, 2.05) is 0 Å². The minimum Gasteiger partial charge on any atom is -0.508 e. The number of rotatable bonds is 0. The van der Waals surface area contributed by atoms with E-state index in [0.29, 0.717) is 5.69 Å². The Bertz CT molecular complexity index is 426. The van der Waals surface area contributed by atoms with Crippen LogP contribution in [0.3, 0.4) is 0 Å². The molecule has 12 heavy (non-hydrogen) atoms. The molecule has 2 rings (SSSR count). The maximum absolute atomic E-state index is 9.18. The zero-order chi connectivity index (χ0) is 8.55. The number of aromatic hydroxyl groups is 1. The first-order valence-electron chi connectivity index (χ1n) is 3.59. The molecule has 2 aromatic rings. The second kappa shape index (κ2) is 2.37. The van der Waals surface area contributed by atoms with Crippen molar-refractivity contribution in [3.8, 4) is 5.75 Å². The summed E-state index contributed by atoms with van der Waals surface area (Å²) in [5.41, 5.74) is 6.24. The second-order valence-electron chi connectivity index (χ2n) is 2.63. The van der Waals surface area contributed by atoms with Crippen LogP contribution in [0, 0.1) is 0 Å². The van der Waals surface area contributed by atoms with Crippen molar-refractivity contribution >= 4 is 16.5 Å². The van der Waals surface area contributed by atoms with Crippen molar-refractivity contribution in [2.45, 2.75) is 0 Å². The fourth-order valence-corrected chi connectivity index (χ4v) is 1.17. The maximum Gasteiger partial charge on any atom is 0.116 e. The number of nitrogen functional groups attached to an aromatic ring is 1. The van der Waals surface area contributed by atoms with E-state index in [-0.39, 0.29) is 5.75 Å². The van der Waals surface area contributed by atoms with Crippen LogP contribution in [0.15, 0.2) is 30.6 Å². The monoisotopic (exact) mass is 160 g/mol. The third-order valence-corrected chi connectivity index (χ3v) is 1.78.